The minimum atomic E-state index is -0.486. The third-order valence-electron chi connectivity index (χ3n) is 4.69. The summed E-state index contributed by atoms with van der Waals surface area (Å²) in [6, 6.07) is 3.36. The fourth-order valence-electron chi connectivity index (χ4n) is 2.95. The number of aromatic amines is 1. The lowest BCUT2D eigenvalue weighted by Gasteiger charge is -2.09. The van der Waals surface area contributed by atoms with Gasteiger partial charge in [0.2, 0.25) is 0 Å². The molecule has 1 N–H and O–H groups in total. The molecule has 0 amide bonds. The van der Waals surface area contributed by atoms with Crippen molar-refractivity contribution in [2.45, 2.75) is 45.2 Å². The maximum absolute atomic E-state index is 12.7. The van der Waals surface area contributed by atoms with Gasteiger partial charge in [0.05, 0.1) is 10.9 Å². The highest BCUT2D eigenvalue weighted by Gasteiger charge is 2.18. The number of pyridine rings is 1. The van der Waals surface area contributed by atoms with Gasteiger partial charge in [0.15, 0.2) is 0 Å². The molecule has 3 heterocycles. The van der Waals surface area contributed by atoms with Crippen LogP contribution in [0.3, 0.4) is 0 Å². The molecule has 148 valence electrons. The number of fused-ring (bicyclic) bond motifs is 1. The van der Waals surface area contributed by atoms with Gasteiger partial charge in [-0.05, 0) is 43.2 Å². The molecule has 6 nitrogen and oxygen atoms in total. The molecule has 0 aliphatic rings. The number of carbonyl (C=O) groups excluding carboxylic acids is 1. The highest BCUT2D eigenvalue weighted by Crippen LogP contribution is 2.29. The van der Waals surface area contributed by atoms with E-state index in [2.05, 4.69) is 28.8 Å². The Kier molecular flexibility index (Phi) is 6.51. The Labute approximate surface area is 171 Å². The predicted octanol–water partition coefficient (Wildman–Crippen LogP) is 4.36. The van der Waals surface area contributed by atoms with Gasteiger partial charge in [0.1, 0.15) is 22.3 Å². The first kappa shape index (κ1) is 20.5. The average Bonchev–Trinajstić information content (AvgIpc) is 3.01. The number of esters is 1. The number of ether oxygens (including phenoxy) is 1. The summed E-state index contributed by atoms with van der Waals surface area (Å²) in [5, 5.41) is 1.27. The molecule has 1 atom stereocenters. The Morgan fingerprint density at radius 3 is 2.93 bits per heavy atom. The Morgan fingerprint density at radius 1 is 1.43 bits per heavy atom. The zero-order chi connectivity index (χ0) is 20.3. The van der Waals surface area contributed by atoms with Crippen LogP contribution < -0.4 is 5.56 Å². The molecule has 3 aromatic heterocycles. The van der Waals surface area contributed by atoms with Crippen molar-refractivity contribution in [3.05, 3.63) is 50.5 Å². The number of hydrogen-bond donors (Lipinski definition) is 1. The normalized spacial score (nSPS) is 12.3. The van der Waals surface area contributed by atoms with Gasteiger partial charge in [-0.25, -0.2) is 14.8 Å². The monoisotopic (exact) mass is 417 g/mol. The second-order valence-corrected chi connectivity index (χ2v) is 8.68. The molecule has 0 saturated heterocycles. The molecule has 0 fully saturated rings. The molecular formula is C20H23N3O3S2. The number of carbonyl (C=O) groups is 1. The zero-order valence-corrected chi connectivity index (χ0v) is 18.0. The minimum Gasteiger partial charge on any atom is -0.454 e. The summed E-state index contributed by atoms with van der Waals surface area (Å²) in [5.74, 6) is 0.360. The van der Waals surface area contributed by atoms with Crippen molar-refractivity contribution >= 4 is 39.3 Å². The number of aromatic nitrogens is 3. The molecule has 8 heteroatoms. The van der Waals surface area contributed by atoms with Gasteiger partial charge >= 0.3 is 5.97 Å². The number of thiophene rings is 1. The molecular weight excluding hydrogens is 394 g/mol. The summed E-state index contributed by atoms with van der Waals surface area (Å²) >= 11 is 2.89. The first-order valence-corrected chi connectivity index (χ1v) is 11.2. The Bertz CT molecular complexity index is 1060. The van der Waals surface area contributed by atoms with Gasteiger partial charge in [-0.15, -0.1) is 23.1 Å². The van der Waals surface area contributed by atoms with E-state index in [1.807, 2.05) is 13.2 Å². The van der Waals surface area contributed by atoms with Crippen LogP contribution in [0.15, 0.2) is 28.2 Å². The van der Waals surface area contributed by atoms with Gasteiger partial charge in [-0.1, -0.05) is 20.3 Å². The Morgan fingerprint density at radius 2 is 2.21 bits per heavy atom. The third kappa shape index (κ3) is 4.28. The van der Waals surface area contributed by atoms with Crippen molar-refractivity contribution in [2.75, 3.05) is 6.26 Å². The van der Waals surface area contributed by atoms with Crippen LogP contribution in [-0.4, -0.2) is 27.2 Å². The number of rotatable bonds is 7. The largest absolute Gasteiger partial charge is 0.454 e. The molecule has 0 aliphatic carbocycles. The molecule has 3 rings (SSSR count). The average molecular weight is 418 g/mol. The second kappa shape index (κ2) is 8.87. The van der Waals surface area contributed by atoms with E-state index in [9.17, 15) is 9.59 Å². The van der Waals surface area contributed by atoms with E-state index < -0.39 is 5.97 Å². The van der Waals surface area contributed by atoms with Crippen molar-refractivity contribution in [3.63, 3.8) is 0 Å². The number of aryl methyl sites for hydroxylation is 1. The van der Waals surface area contributed by atoms with E-state index in [4.69, 9.17) is 4.74 Å². The number of thioether (sulfide) groups is 1. The van der Waals surface area contributed by atoms with E-state index in [0.29, 0.717) is 32.5 Å². The van der Waals surface area contributed by atoms with Crippen LogP contribution in [0.25, 0.3) is 10.2 Å². The summed E-state index contributed by atoms with van der Waals surface area (Å²) in [7, 11) is 0. The van der Waals surface area contributed by atoms with Crippen LogP contribution in [-0.2, 0) is 17.8 Å². The lowest BCUT2D eigenvalue weighted by Crippen LogP contribution is -2.15. The maximum Gasteiger partial charge on any atom is 0.341 e. The van der Waals surface area contributed by atoms with Crippen molar-refractivity contribution in [1.82, 2.24) is 15.0 Å². The van der Waals surface area contributed by atoms with Gasteiger partial charge < -0.3 is 9.72 Å². The summed E-state index contributed by atoms with van der Waals surface area (Å²) in [5.41, 5.74) is 1.30. The van der Waals surface area contributed by atoms with Gasteiger partial charge in [-0.2, -0.15) is 0 Å². The zero-order valence-electron chi connectivity index (χ0n) is 16.4. The molecule has 0 bridgehead atoms. The van der Waals surface area contributed by atoms with Crippen LogP contribution in [0.5, 0.6) is 0 Å². The van der Waals surface area contributed by atoms with Crippen LogP contribution in [0.2, 0.25) is 0 Å². The molecule has 0 aliphatic heterocycles. The Hall–Kier alpha value is -2.19. The first-order chi connectivity index (χ1) is 13.4. The SMILES string of the molecule is CC[C@H](C)Cc1c(C)sc2nc(COC(=O)c3cccnc3SC)[nH]c(=O)c12. The number of nitrogens with zero attached hydrogens (tertiary/aromatic N) is 2. The fraction of sp³-hybridized carbons (Fsp3) is 0.400. The molecule has 28 heavy (non-hydrogen) atoms. The van der Waals surface area contributed by atoms with Crippen LogP contribution in [0, 0.1) is 12.8 Å². The highest BCUT2D eigenvalue weighted by molar-refractivity contribution is 7.98. The topological polar surface area (TPSA) is 84.9 Å². The smallest absolute Gasteiger partial charge is 0.341 e. The van der Waals surface area contributed by atoms with Crippen molar-refractivity contribution in [3.8, 4) is 0 Å². The second-order valence-electron chi connectivity index (χ2n) is 6.68. The first-order valence-electron chi connectivity index (χ1n) is 9.11. The summed E-state index contributed by atoms with van der Waals surface area (Å²) < 4.78 is 5.36. The number of nitrogens with one attached hydrogen (secondary N) is 1. The van der Waals surface area contributed by atoms with Crippen molar-refractivity contribution < 1.29 is 9.53 Å². The molecule has 0 unspecified atom stereocenters. The molecule has 0 spiro atoms. The minimum absolute atomic E-state index is 0.0929. The van der Waals surface area contributed by atoms with E-state index in [-0.39, 0.29) is 12.2 Å². The van der Waals surface area contributed by atoms with Gasteiger partial charge in [0.25, 0.3) is 5.56 Å². The maximum atomic E-state index is 12.7. The van der Waals surface area contributed by atoms with Crippen LogP contribution in [0.1, 0.15) is 46.9 Å². The Balaban J connectivity index is 1.83. The van der Waals surface area contributed by atoms with Gasteiger partial charge in [-0.3, -0.25) is 4.79 Å². The predicted molar refractivity (Wildman–Crippen MR) is 113 cm³/mol. The third-order valence-corrected chi connectivity index (χ3v) is 6.44. The van der Waals surface area contributed by atoms with Crippen molar-refractivity contribution in [1.29, 1.82) is 0 Å². The highest BCUT2D eigenvalue weighted by atomic mass is 32.2. The lowest BCUT2D eigenvalue weighted by molar-refractivity contribution is 0.0457. The van der Waals surface area contributed by atoms with Crippen LogP contribution >= 0.6 is 23.1 Å². The number of H-pyrrole nitrogens is 1. The lowest BCUT2D eigenvalue weighted by atomic mass is 9.98. The van der Waals surface area contributed by atoms with E-state index in [1.54, 1.807) is 18.3 Å². The molecule has 0 radical (unpaired) electrons. The van der Waals surface area contributed by atoms with Crippen molar-refractivity contribution in [2.24, 2.45) is 5.92 Å². The molecule has 0 saturated carbocycles. The van der Waals surface area contributed by atoms with Crippen LogP contribution in [0.4, 0.5) is 0 Å². The summed E-state index contributed by atoms with van der Waals surface area (Å²) in [6.07, 6.45) is 5.40. The molecule has 3 aromatic rings. The summed E-state index contributed by atoms with van der Waals surface area (Å²) in [4.78, 5) is 38.3. The van der Waals surface area contributed by atoms with Gasteiger partial charge in [0, 0.05) is 11.1 Å². The van der Waals surface area contributed by atoms with E-state index in [0.717, 1.165) is 23.3 Å². The number of hydrogen-bond acceptors (Lipinski definition) is 7. The quantitative estimate of drug-likeness (QED) is 0.454. The standard InChI is InChI=1S/C20H23N3O3S2/c1-5-11(2)9-14-12(3)28-19-16(14)17(24)22-15(23-19)10-26-20(25)13-7-6-8-21-18(13)27-4/h6-8,11H,5,9-10H2,1-4H3,(H,22,23,24)/t11-/m0/s1. The van der Waals surface area contributed by atoms with E-state index >= 15 is 0 Å². The van der Waals surface area contributed by atoms with E-state index in [1.165, 1.54) is 23.1 Å². The summed E-state index contributed by atoms with van der Waals surface area (Å²) in [6.45, 7) is 6.26. The fourth-order valence-corrected chi connectivity index (χ4v) is 4.56. The molecule has 0 aromatic carbocycles.